The second kappa shape index (κ2) is 7.67. The summed E-state index contributed by atoms with van der Waals surface area (Å²) in [4.78, 5) is 25.8. The molecule has 0 aromatic carbocycles. The summed E-state index contributed by atoms with van der Waals surface area (Å²) < 4.78 is 0. The molecule has 2 saturated heterocycles. The molecule has 1 unspecified atom stereocenters. The Balaban J connectivity index is 1.45. The predicted octanol–water partition coefficient (Wildman–Crippen LogP) is 3.24. The number of amides is 1. The van der Waals surface area contributed by atoms with Gasteiger partial charge in [0.05, 0.1) is 0 Å². The van der Waals surface area contributed by atoms with E-state index in [1.165, 1.54) is 24.1 Å². The SMILES string of the molecule is Cc1cnccc1N1CCCC2(CCC(=O)N(CCc3ccccn3)C2)C1. The molecule has 0 N–H and O–H groups in total. The molecular formula is C22H28N4O. The molecule has 0 bridgehead atoms. The molecule has 0 radical (unpaired) electrons. The van der Waals surface area contributed by atoms with E-state index < -0.39 is 0 Å². The second-order valence-corrected chi connectivity index (χ2v) is 8.07. The molecule has 2 aromatic rings. The van der Waals surface area contributed by atoms with Crippen molar-refractivity contribution in [1.29, 1.82) is 0 Å². The van der Waals surface area contributed by atoms with Gasteiger partial charge < -0.3 is 9.80 Å². The molecule has 4 rings (SSSR count). The van der Waals surface area contributed by atoms with Crippen LogP contribution >= 0.6 is 0 Å². The van der Waals surface area contributed by atoms with Gasteiger partial charge in [-0.3, -0.25) is 14.8 Å². The molecule has 0 saturated carbocycles. The highest BCUT2D eigenvalue weighted by Gasteiger charge is 2.41. The highest BCUT2D eigenvalue weighted by Crippen LogP contribution is 2.40. The number of aromatic nitrogens is 2. The molecule has 2 aliphatic heterocycles. The third kappa shape index (κ3) is 3.97. The summed E-state index contributed by atoms with van der Waals surface area (Å²) in [5.41, 5.74) is 3.79. The number of pyridine rings is 2. The minimum Gasteiger partial charge on any atom is -0.371 e. The minimum absolute atomic E-state index is 0.214. The molecule has 4 heterocycles. The van der Waals surface area contributed by atoms with Crippen molar-refractivity contribution in [3.8, 4) is 0 Å². The van der Waals surface area contributed by atoms with Gasteiger partial charge in [0.2, 0.25) is 5.91 Å². The molecule has 0 aliphatic carbocycles. The van der Waals surface area contributed by atoms with E-state index in [2.05, 4.69) is 32.8 Å². The predicted molar refractivity (Wildman–Crippen MR) is 107 cm³/mol. The first-order valence-corrected chi connectivity index (χ1v) is 9.99. The number of hydrogen-bond donors (Lipinski definition) is 0. The van der Waals surface area contributed by atoms with E-state index in [0.717, 1.165) is 44.7 Å². The summed E-state index contributed by atoms with van der Waals surface area (Å²) in [7, 11) is 0. The number of nitrogens with zero attached hydrogens (tertiary/aromatic N) is 4. The van der Waals surface area contributed by atoms with Crippen molar-refractivity contribution in [2.45, 2.75) is 39.0 Å². The fourth-order valence-electron chi connectivity index (χ4n) is 4.67. The van der Waals surface area contributed by atoms with Gasteiger partial charge in [-0.05, 0) is 49.9 Å². The first-order valence-electron chi connectivity index (χ1n) is 9.99. The number of anilines is 1. The van der Waals surface area contributed by atoms with Crippen LogP contribution in [0.25, 0.3) is 0 Å². The highest BCUT2D eigenvalue weighted by molar-refractivity contribution is 5.77. The smallest absolute Gasteiger partial charge is 0.222 e. The number of hydrogen-bond acceptors (Lipinski definition) is 4. The van der Waals surface area contributed by atoms with Crippen molar-refractivity contribution in [2.75, 3.05) is 31.1 Å². The lowest BCUT2D eigenvalue weighted by molar-refractivity contribution is -0.137. The van der Waals surface area contributed by atoms with Gasteiger partial charge in [0.25, 0.3) is 0 Å². The van der Waals surface area contributed by atoms with Crippen LogP contribution in [0, 0.1) is 12.3 Å². The first kappa shape index (κ1) is 18.0. The van der Waals surface area contributed by atoms with Crippen LogP contribution in [0.3, 0.4) is 0 Å². The fourth-order valence-corrected chi connectivity index (χ4v) is 4.67. The Kier molecular flexibility index (Phi) is 5.10. The summed E-state index contributed by atoms with van der Waals surface area (Å²) in [6, 6.07) is 8.11. The zero-order valence-electron chi connectivity index (χ0n) is 16.1. The summed E-state index contributed by atoms with van der Waals surface area (Å²) in [6.07, 6.45) is 10.6. The highest BCUT2D eigenvalue weighted by atomic mass is 16.2. The largest absolute Gasteiger partial charge is 0.371 e. The monoisotopic (exact) mass is 364 g/mol. The van der Waals surface area contributed by atoms with Gasteiger partial charge >= 0.3 is 0 Å². The molecule has 27 heavy (non-hydrogen) atoms. The Hall–Kier alpha value is -2.43. The minimum atomic E-state index is 0.214. The van der Waals surface area contributed by atoms with Crippen LogP contribution in [0.1, 0.15) is 36.9 Å². The molecule has 5 nitrogen and oxygen atoms in total. The van der Waals surface area contributed by atoms with Crippen LogP contribution in [0.5, 0.6) is 0 Å². The second-order valence-electron chi connectivity index (χ2n) is 8.07. The molecule has 1 amide bonds. The maximum absolute atomic E-state index is 12.5. The van der Waals surface area contributed by atoms with E-state index >= 15 is 0 Å². The van der Waals surface area contributed by atoms with Gasteiger partial charge in [-0.1, -0.05) is 6.07 Å². The van der Waals surface area contributed by atoms with Crippen molar-refractivity contribution >= 4 is 11.6 Å². The molecule has 1 atom stereocenters. The first-order chi connectivity index (χ1) is 13.2. The third-order valence-corrected chi connectivity index (χ3v) is 6.10. The molecule has 1 spiro atoms. The molecular weight excluding hydrogens is 336 g/mol. The van der Waals surface area contributed by atoms with Gasteiger partial charge in [-0.25, -0.2) is 0 Å². The Morgan fingerprint density at radius 3 is 2.89 bits per heavy atom. The van der Waals surface area contributed by atoms with Crippen LogP contribution in [-0.4, -0.2) is 47.0 Å². The summed E-state index contributed by atoms with van der Waals surface area (Å²) in [5, 5.41) is 0. The lowest BCUT2D eigenvalue weighted by Crippen LogP contribution is -2.54. The normalized spacial score (nSPS) is 23.1. The molecule has 2 aliphatic rings. The lowest BCUT2D eigenvalue weighted by Gasteiger charge is -2.49. The number of likely N-dealkylation sites (tertiary alicyclic amines) is 1. The van der Waals surface area contributed by atoms with Gasteiger partial charge in [0.15, 0.2) is 0 Å². The van der Waals surface area contributed by atoms with E-state index in [4.69, 9.17) is 0 Å². The van der Waals surface area contributed by atoms with E-state index in [0.29, 0.717) is 12.3 Å². The van der Waals surface area contributed by atoms with E-state index in [9.17, 15) is 4.79 Å². The molecule has 2 aromatic heterocycles. The van der Waals surface area contributed by atoms with Crippen molar-refractivity contribution in [2.24, 2.45) is 5.41 Å². The van der Waals surface area contributed by atoms with Gasteiger partial charge in [-0.2, -0.15) is 0 Å². The summed E-state index contributed by atoms with van der Waals surface area (Å²) in [5.74, 6) is 0.300. The Bertz CT molecular complexity index is 794. The number of rotatable bonds is 4. The zero-order valence-corrected chi connectivity index (χ0v) is 16.1. The molecule has 5 heteroatoms. The summed E-state index contributed by atoms with van der Waals surface area (Å²) in [6.45, 7) is 5.90. The van der Waals surface area contributed by atoms with Crippen LogP contribution in [0.2, 0.25) is 0 Å². The van der Waals surface area contributed by atoms with Crippen LogP contribution in [0.15, 0.2) is 42.9 Å². The van der Waals surface area contributed by atoms with Crippen molar-refractivity contribution in [3.05, 3.63) is 54.1 Å². The maximum atomic E-state index is 12.5. The van der Waals surface area contributed by atoms with Gasteiger partial charge in [0, 0.05) is 74.4 Å². The Morgan fingerprint density at radius 2 is 2.07 bits per heavy atom. The summed E-state index contributed by atoms with van der Waals surface area (Å²) >= 11 is 0. The van der Waals surface area contributed by atoms with Gasteiger partial charge in [-0.15, -0.1) is 0 Å². The van der Waals surface area contributed by atoms with Crippen LogP contribution in [0.4, 0.5) is 5.69 Å². The fraction of sp³-hybridized carbons (Fsp3) is 0.500. The van der Waals surface area contributed by atoms with Crippen LogP contribution < -0.4 is 4.90 Å². The quantitative estimate of drug-likeness (QED) is 0.836. The van der Waals surface area contributed by atoms with Crippen molar-refractivity contribution in [3.63, 3.8) is 0 Å². The third-order valence-electron chi connectivity index (χ3n) is 6.10. The van der Waals surface area contributed by atoms with Gasteiger partial charge in [0.1, 0.15) is 0 Å². The zero-order chi connectivity index (χ0) is 18.7. The lowest BCUT2D eigenvalue weighted by atomic mass is 9.73. The number of carbonyl (C=O) groups excluding carboxylic acids is 1. The molecule has 142 valence electrons. The average Bonchev–Trinajstić information content (AvgIpc) is 2.70. The van der Waals surface area contributed by atoms with E-state index in [-0.39, 0.29) is 5.41 Å². The van der Waals surface area contributed by atoms with E-state index in [1.54, 1.807) is 0 Å². The number of piperidine rings is 2. The number of carbonyl (C=O) groups is 1. The average molecular weight is 364 g/mol. The topological polar surface area (TPSA) is 49.3 Å². The maximum Gasteiger partial charge on any atom is 0.222 e. The Labute approximate surface area is 161 Å². The van der Waals surface area contributed by atoms with Crippen molar-refractivity contribution < 1.29 is 4.79 Å². The standard InChI is InChI=1S/C22H28N4O/c1-18-15-23-12-7-20(18)25-13-4-9-22(16-25)10-6-21(27)26(17-22)14-8-19-5-2-3-11-24-19/h2-3,5,7,11-12,15H,4,6,8-10,13-14,16-17H2,1H3. The molecule has 2 fully saturated rings. The number of aryl methyl sites for hydroxylation is 1. The van der Waals surface area contributed by atoms with E-state index in [1.807, 2.05) is 36.8 Å². The van der Waals surface area contributed by atoms with Crippen molar-refractivity contribution in [1.82, 2.24) is 14.9 Å². The Morgan fingerprint density at radius 1 is 1.15 bits per heavy atom. The van der Waals surface area contributed by atoms with Crippen LogP contribution in [-0.2, 0) is 11.2 Å².